The molecule has 0 saturated carbocycles. The maximum atomic E-state index is 12.6. The molecule has 9 heteroatoms. The second-order valence-electron chi connectivity index (χ2n) is 6.01. The van der Waals surface area contributed by atoms with E-state index in [1.807, 2.05) is 0 Å². The molecule has 3 aromatic rings. The Morgan fingerprint density at radius 2 is 1.86 bits per heavy atom. The summed E-state index contributed by atoms with van der Waals surface area (Å²) in [7, 11) is 0. The van der Waals surface area contributed by atoms with Crippen molar-refractivity contribution < 1.29 is 27.4 Å². The van der Waals surface area contributed by atoms with Crippen LogP contribution in [0.15, 0.2) is 47.8 Å². The summed E-state index contributed by atoms with van der Waals surface area (Å²) in [6, 6.07) is 9.88. The van der Waals surface area contributed by atoms with Crippen molar-refractivity contribution in [1.82, 2.24) is 4.98 Å². The van der Waals surface area contributed by atoms with E-state index in [4.69, 9.17) is 9.47 Å². The lowest BCUT2D eigenvalue weighted by Crippen LogP contribution is -2.14. The number of nitrogens with zero attached hydrogens (tertiary/aromatic N) is 1. The summed E-state index contributed by atoms with van der Waals surface area (Å²) in [6.07, 6.45) is -4.33. The van der Waals surface area contributed by atoms with Crippen LogP contribution in [0.3, 0.4) is 0 Å². The van der Waals surface area contributed by atoms with Crippen molar-refractivity contribution in [3.05, 3.63) is 59.1 Å². The largest absolute Gasteiger partial charge is 0.454 e. The van der Waals surface area contributed by atoms with Gasteiger partial charge in [0.25, 0.3) is 0 Å². The molecule has 0 spiro atoms. The Morgan fingerprint density at radius 1 is 1.11 bits per heavy atom. The number of nitrogens with one attached hydrogen (secondary N) is 1. The maximum Gasteiger partial charge on any atom is 0.416 e. The molecular weight excluding hydrogens is 393 g/mol. The maximum absolute atomic E-state index is 12.6. The van der Waals surface area contributed by atoms with E-state index in [1.54, 1.807) is 23.6 Å². The summed E-state index contributed by atoms with van der Waals surface area (Å²) < 4.78 is 48.4. The van der Waals surface area contributed by atoms with E-state index in [-0.39, 0.29) is 19.1 Å². The number of hydrogen-bond acceptors (Lipinski definition) is 5. The molecule has 0 saturated heterocycles. The number of fused-ring (bicyclic) bond motifs is 1. The molecule has 0 aliphatic carbocycles. The van der Waals surface area contributed by atoms with Crippen LogP contribution in [0.1, 0.15) is 11.3 Å². The molecule has 1 aromatic heterocycles. The molecule has 28 heavy (non-hydrogen) atoms. The predicted molar refractivity (Wildman–Crippen MR) is 97.5 cm³/mol. The second kappa shape index (κ2) is 7.16. The number of alkyl halides is 3. The number of anilines is 1. The highest BCUT2D eigenvalue weighted by molar-refractivity contribution is 7.13. The van der Waals surface area contributed by atoms with Gasteiger partial charge in [-0.2, -0.15) is 13.2 Å². The highest BCUT2D eigenvalue weighted by Gasteiger charge is 2.30. The topological polar surface area (TPSA) is 60.5 Å². The summed E-state index contributed by atoms with van der Waals surface area (Å²) in [5, 5.41) is 5.03. The molecule has 0 radical (unpaired) electrons. The van der Waals surface area contributed by atoms with E-state index in [2.05, 4.69) is 10.3 Å². The molecule has 5 nitrogen and oxygen atoms in total. The molecule has 0 atom stereocenters. The van der Waals surface area contributed by atoms with E-state index in [1.165, 1.54) is 23.5 Å². The van der Waals surface area contributed by atoms with Crippen molar-refractivity contribution >= 4 is 22.9 Å². The third-order valence-corrected chi connectivity index (χ3v) is 4.95. The molecule has 1 aliphatic heterocycles. The van der Waals surface area contributed by atoms with E-state index in [9.17, 15) is 18.0 Å². The first kappa shape index (κ1) is 18.3. The van der Waals surface area contributed by atoms with Gasteiger partial charge in [-0.3, -0.25) is 4.79 Å². The van der Waals surface area contributed by atoms with Crippen molar-refractivity contribution in [3.8, 4) is 22.1 Å². The van der Waals surface area contributed by atoms with E-state index in [0.717, 1.165) is 12.1 Å². The number of benzene rings is 2. The fraction of sp³-hybridized carbons (Fsp3) is 0.158. The third kappa shape index (κ3) is 3.94. The second-order valence-corrected chi connectivity index (χ2v) is 6.87. The van der Waals surface area contributed by atoms with Crippen LogP contribution in [0.2, 0.25) is 0 Å². The van der Waals surface area contributed by atoms with Crippen LogP contribution in [0.4, 0.5) is 18.9 Å². The Hall–Kier alpha value is -3.07. The number of rotatable bonds is 4. The van der Waals surface area contributed by atoms with Gasteiger partial charge in [-0.05, 0) is 24.3 Å². The van der Waals surface area contributed by atoms with E-state index >= 15 is 0 Å². The van der Waals surface area contributed by atoms with Gasteiger partial charge in [0, 0.05) is 22.7 Å². The molecule has 2 aromatic carbocycles. The number of amides is 1. The van der Waals surface area contributed by atoms with Crippen LogP contribution in [-0.2, 0) is 17.4 Å². The number of aromatic nitrogens is 1. The summed E-state index contributed by atoms with van der Waals surface area (Å²) in [6.45, 7) is 0.151. The van der Waals surface area contributed by atoms with Gasteiger partial charge < -0.3 is 14.8 Å². The van der Waals surface area contributed by atoms with Crippen LogP contribution < -0.4 is 14.8 Å². The van der Waals surface area contributed by atoms with Crippen molar-refractivity contribution in [2.24, 2.45) is 0 Å². The first-order valence-corrected chi connectivity index (χ1v) is 9.08. The zero-order chi connectivity index (χ0) is 19.7. The molecule has 1 N–H and O–H groups in total. The Bertz CT molecular complexity index is 1020. The van der Waals surface area contributed by atoms with Crippen LogP contribution in [0.25, 0.3) is 10.6 Å². The molecular formula is C19H13F3N2O3S. The van der Waals surface area contributed by atoms with E-state index < -0.39 is 11.7 Å². The lowest BCUT2D eigenvalue weighted by Gasteiger charge is -2.06. The SMILES string of the molecule is O=C(Cc1csc(-c2ccc(C(F)(F)F)cc2)n1)Nc1ccc2c(c1)OCO2. The Morgan fingerprint density at radius 3 is 2.61 bits per heavy atom. The Labute approximate surface area is 161 Å². The Kier molecular flexibility index (Phi) is 4.68. The van der Waals surface area contributed by atoms with Gasteiger partial charge in [0.05, 0.1) is 17.7 Å². The average molecular weight is 406 g/mol. The van der Waals surface area contributed by atoms with E-state index in [0.29, 0.717) is 33.5 Å². The molecule has 144 valence electrons. The van der Waals surface area contributed by atoms with Gasteiger partial charge in [-0.25, -0.2) is 4.98 Å². The predicted octanol–water partition coefficient (Wildman–Crippen LogP) is 4.74. The molecule has 2 heterocycles. The van der Waals surface area contributed by atoms with Crippen LogP contribution in [0.5, 0.6) is 11.5 Å². The molecule has 0 bridgehead atoms. The molecule has 4 rings (SSSR count). The number of halogens is 3. The third-order valence-electron chi connectivity index (χ3n) is 4.01. The number of carbonyl (C=O) groups excluding carboxylic acids is 1. The minimum absolute atomic E-state index is 0.0472. The van der Waals surface area contributed by atoms with Crippen molar-refractivity contribution in [2.75, 3.05) is 12.1 Å². The fourth-order valence-electron chi connectivity index (χ4n) is 2.67. The summed E-state index contributed by atoms with van der Waals surface area (Å²) in [5.41, 5.74) is 0.974. The fourth-order valence-corrected chi connectivity index (χ4v) is 3.49. The summed E-state index contributed by atoms with van der Waals surface area (Å²) in [5.74, 6) is 0.929. The van der Waals surface area contributed by atoms with Gasteiger partial charge in [0.1, 0.15) is 5.01 Å². The lowest BCUT2D eigenvalue weighted by molar-refractivity contribution is -0.137. The smallest absolute Gasteiger partial charge is 0.416 e. The molecule has 1 amide bonds. The van der Waals surface area contributed by atoms with Gasteiger partial charge in [0.15, 0.2) is 11.5 Å². The van der Waals surface area contributed by atoms with Crippen LogP contribution >= 0.6 is 11.3 Å². The normalized spacial score (nSPS) is 12.8. The quantitative estimate of drug-likeness (QED) is 0.680. The highest BCUT2D eigenvalue weighted by Crippen LogP contribution is 2.34. The molecule has 0 unspecified atom stereocenters. The summed E-state index contributed by atoms with van der Waals surface area (Å²) in [4.78, 5) is 16.6. The lowest BCUT2D eigenvalue weighted by atomic mass is 10.1. The minimum atomic E-state index is -4.38. The minimum Gasteiger partial charge on any atom is -0.454 e. The van der Waals surface area contributed by atoms with Crippen LogP contribution in [0, 0.1) is 0 Å². The number of carbonyl (C=O) groups is 1. The van der Waals surface area contributed by atoms with Crippen molar-refractivity contribution in [2.45, 2.75) is 12.6 Å². The number of hydrogen-bond donors (Lipinski definition) is 1. The highest BCUT2D eigenvalue weighted by atomic mass is 32.1. The molecule has 1 aliphatic rings. The zero-order valence-electron chi connectivity index (χ0n) is 14.2. The van der Waals surface area contributed by atoms with Gasteiger partial charge >= 0.3 is 6.18 Å². The number of thiazole rings is 1. The molecule has 0 fully saturated rings. The Balaban J connectivity index is 1.41. The number of ether oxygens (including phenoxy) is 2. The first-order valence-electron chi connectivity index (χ1n) is 8.20. The average Bonchev–Trinajstić information content (AvgIpc) is 3.30. The van der Waals surface area contributed by atoms with Crippen molar-refractivity contribution in [3.63, 3.8) is 0 Å². The monoisotopic (exact) mass is 406 g/mol. The first-order chi connectivity index (χ1) is 13.4. The summed E-state index contributed by atoms with van der Waals surface area (Å²) >= 11 is 1.27. The van der Waals surface area contributed by atoms with Gasteiger partial charge in [0.2, 0.25) is 12.7 Å². The standard InChI is InChI=1S/C19H13F3N2O3S/c20-19(21,22)12-3-1-11(2-4-12)18-24-14(9-28-18)8-17(25)23-13-5-6-15-16(7-13)27-10-26-15/h1-7,9H,8,10H2,(H,23,25). The van der Waals surface area contributed by atoms with Gasteiger partial charge in [-0.15, -0.1) is 11.3 Å². The van der Waals surface area contributed by atoms with Crippen LogP contribution in [-0.4, -0.2) is 17.7 Å². The van der Waals surface area contributed by atoms with Crippen molar-refractivity contribution in [1.29, 1.82) is 0 Å². The van der Waals surface area contributed by atoms with Gasteiger partial charge in [-0.1, -0.05) is 12.1 Å². The zero-order valence-corrected chi connectivity index (χ0v) is 15.1.